The molecule has 0 fully saturated rings. The fourth-order valence-corrected chi connectivity index (χ4v) is 2.31. The molecule has 2 rings (SSSR count). The van der Waals surface area contributed by atoms with Crippen molar-refractivity contribution < 1.29 is 9.47 Å². The minimum atomic E-state index is 0.0149. The molecule has 106 valence electrons. The number of nitrogens with two attached hydrogens (primary N) is 1. The summed E-state index contributed by atoms with van der Waals surface area (Å²) in [5.74, 6) is 1.62. The third-order valence-corrected chi connectivity index (χ3v) is 3.48. The summed E-state index contributed by atoms with van der Waals surface area (Å²) in [4.78, 5) is 2.30. The van der Waals surface area contributed by atoms with E-state index in [2.05, 4.69) is 18.9 Å². The molecule has 1 aliphatic rings. The highest BCUT2D eigenvalue weighted by atomic mass is 16.7. The summed E-state index contributed by atoms with van der Waals surface area (Å²) in [6.07, 6.45) is 3.77. The molecule has 2 N–H and O–H groups in total. The van der Waals surface area contributed by atoms with Crippen LogP contribution in [0.1, 0.15) is 37.8 Å². The van der Waals surface area contributed by atoms with E-state index in [1.54, 1.807) is 0 Å². The Labute approximate surface area is 115 Å². The average molecular weight is 264 g/mol. The Bertz CT molecular complexity index is 409. The van der Waals surface area contributed by atoms with Crippen molar-refractivity contribution >= 4 is 0 Å². The maximum absolute atomic E-state index is 6.26. The first-order chi connectivity index (χ1) is 9.20. The highest BCUT2D eigenvalue weighted by molar-refractivity contribution is 5.45. The number of benzene rings is 1. The second-order valence-corrected chi connectivity index (χ2v) is 5.19. The van der Waals surface area contributed by atoms with Gasteiger partial charge in [0.1, 0.15) is 0 Å². The van der Waals surface area contributed by atoms with Gasteiger partial charge in [-0.05, 0) is 37.7 Å². The van der Waals surface area contributed by atoms with Gasteiger partial charge in [0.05, 0.1) is 0 Å². The number of likely N-dealkylation sites (N-methyl/N-ethyl adjacent to an activating group) is 1. The summed E-state index contributed by atoms with van der Waals surface area (Å²) < 4.78 is 10.7. The molecule has 0 aromatic heterocycles. The van der Waals surface area contributed by atoms with Crippen molar-refractivity contribution in [1.29, 1.82) is 0 Å². The molecule has 4 heteroatoms. The number of hydrogen-bond acceptors (Lipinski definition) is 4. The second-order valence-electron chi connectivity index (χ2n) is 5.19. The van der Waals surface area contributed by atoms with Crippen LogP contribution < -0.4 is 15.2 Å². The lowest BCUT2D eigenvalue weighted by molar-refractivity contribution is 0.174. The summed E-state index contributed by atoms with van der Waals surface area (Å²) in [5, 5.41) is 0. The average Bonchev–Trinajstić information content (AvgIpc) is 2.86. The van der Waals surface area contributed by atoms with Gasteiger partial charge in [-0.3, -0.25) is 0 Å². The Morgan fingerprint density at radius 2 is 2.05 bits per heavy atom. The van der Waals surface area contributed by atoms with Gasteiger partial charge in [-0.1, -0.05) is 25.8 Å². The molecule has 1 heterocycles. The molecule has 0 amide bonds. The van der Waals surface area contributed by atoms with Crippen LogP contribution in [0.5, 0.6) is 11.5 Å². The molecule has 1 atom stereocenters. The molecule has 0 spiro atoms. The largest absolute Gasteiger partial charge is 0.454 e. The molecule has 1 aliphatic heterocycles. The van der Waals surface area contributed by atoms with E-state index in [1.165, 1.54) is 19.3 Å². The Balaban J connectivity index is 1.87. The maximum atomic E-state index is 6.26. The van der Waals surface area contributed by atoms with E-state index in [4.69, 9.17) is 15.2 Å². The van der Waals surface area contributed by atoms with Gasteiger partial charge in [-0.25, -0.2) is 0 Å². The zero-order valence-electron chi connectivity index (χ0n) is 11.9. The number of hydrogen-bond donors (Lipinski definition) is 1. The first-order valence-electron chi connectivity index (χ1n) is 7.04. The van der Waals surface area contributed by atoms with Crippen molar-refractivity contribution in [3.8, 4) is 11.5 Å². The van der Waals surface area contributed by atoms with E-state index in [-0.39, 0.29) is 6.04 Å². The zero-order chi connectivity index (χ0) is 13.7. The summed E-state index contributed by atoms with van der Waals surface area (Å²) in [5.41, 5.74) is 7.36. The minimum absolute atomic E-state index is 0.0149. The molecule has 1 aromatic rings. The van der Waals surface area contributed by atoms with Gasteiger partial charge in [0.2, 0.25) is 6.79 Å². The van der Waals surface area contributed by atoms with Crippen molar-refractivity contribution in [1.82, 2.24) is 4.90 Å². The van der Waals surface area contributed by atoms with Crippen molar-refractivity contribution in [2.75, 3.05) is 26.9 Å². The molecule has 0 saturated carbocycles. The van der Waals surface area contributed by atoms with Gasteiger partial charge < -0.3 is 20.1 Å². The van der Waals surface area contributed by atoms with Crippen molar-refractivity contribution in [3.63, 3.8) is 0 Å². The monoisotopic (exact) mass is 264 g/mol. The van der Waals surface area contributed by atoms with Crippen LogP contribution in [0.25, 0.3) is 0 Å². The first-order valence-corrected chi connectivity index (χ1v) is 7.04. The van der Waals surface area contributed by atoms with Crippen LogP contribution in [0.3, 0.4) is 0 Å². The summed E-state index contributed by atoms with van der Waals surface area (Å²) in [6, 6.07) is 5.97. The standard InChI is InChI=1S/C15H24N2O2/c1-3-4-5-8-17(2)10-13(16)12-6-7-14-15(9-12)19-11-18-14/h6-7,9,13H,3-5,8,10-11,16H2,1-2H3. The van der Waals surface area contributed by atoms with Crippen LogP contribution in [-0.4, -0.2) is 31.8 Å². The predicted octanol–water partition coefficient (Wildman–Crippen LogP) is 2.54. The van der Waals surface area contributed by atoms with Crippen molar-refractivity contribution in [2.45, 2.75) is 32.2 Å². The summed E-state index contributed by atoms with van der Waals surface area (Å²) >= 11 is 0. The van der Waals surface area contributed by atoms with E-state index in [1.807, 2.05) is 18.2 Å². The summed E-state index contributed by atoms with van der Waals surface area (Å²) in [6.45, 7) is 4.50. The summed E-state index contributed by atoms with van der Waals surface area (Å²) in [7, 11) is 2.13. The van der Waals surface area contributed by atoms with Crippen LogP contribution >= 0.6 is 0 Å². The Morgan fingerprint density at radius 1 is 1.26 bits per heavy atom. The van der Waals surface area contributed by atoms with Gasteiger partial charge in [-0.15, -0.1) is 0 Å². The third-order valence-electron chi connectivity index (χ3n) is 3.48. The zero-order valence-corrected chi connectivity index (χ0v) is 11.9. The number of unbranched alkanes of at least 4 members (excludes halogenated alkanes) is 2. The molecule has 1 aromatic carbocycles. The van der Waals surface area contributed by atoms with E-state index >= 15 is 0 Å². The fourth-order valence-electron chi connectivity index (χ4n) is 2.31. The molecule has 1 unspecified atom stereocenters. The topological polar surface area (TPSA) is 47.7 Å². The Kier molecular flexibility index (Phi) is 5.05. The molecular formula is C15H24N2O2. The van der Waals surface area contributed by atoms with Crippen LogP contribution in [0.2, 0.25) is 0 Å². The molecule has 0 aliphatic carbocycles. The SMILES string of the molecule is CCCCCN(C)CC(N)c1ccc2c(c1)OCO2. The van der Waals surface area contributed by atoms with Crippen molar-refractivity contribution in [2.24, 2.45) is 5.73 Å². The van der Waals surface area contributed by atoms with Gasteiger partial charge in [0, 0.05) is 12.6 Å². The lowest BCUT2D eigenvalue weighted by Crippen LogP contribution is -2.29. The van der Waals surface area contributed by atoms with Gasteiger partial charge in [-0.2, -0.15) is 0 Å². The first kappa shape index (κ1) is 14.2. The third kappa shape index (κ3) is 3.85. The molecule has 0 bridgehead atoms. The van der Waals surface area contributed by atoms with Gasteiger partial charge in [0.25, 0.3) is 0 Å². The van der Waals surface area contributed by atoms with Crippen LogP contribution in [0, 0.1) is 0 Å². The predicted molar refractivity (Wildman–Crippen MR) is 76.5 cm³/mol. The number of fused-ring (bicyclic) bond motifs is 1. The minimum Gasteiger partial charge on any atom is -0.454 e. The Morgan fingerprint density at radius 3 is 2.84 bits per heavy atom. The fraction of sp³-hybridized carbons (Fsp3) is 0.600. The van der Waals surface area contributed by atoms with Gasteiger partial charge >= 0.3 is 0 Å². The molecule has 19 heavy (non-hydrogen) atoms. The van der Waals surface area contributed by atoms with E-state index in [0.717, 1.165) is 30.2 Å². The van der Waals surface area contributed by atoms with E-state index < -0.39 is 0 Å². The smallest absolute Gasteiger partial charge is 0.231 e. The number of nitrogens with zero attached hydrogens (tertiary/aromatic N) is 1. The highest BCUT2D eigenvalue weighted by Gasteiger charge is 2.16. The quantitative estimate of drug-likeness (QED) is 0.769. The highest BCUT2D eigenvalue weighted by Crippen LogP contribution is 2.33. The lowest BCUT2D eigenvalue weighted by Gasteiger charge is -2.21. The second kappa shape index (κ2) is 6.78. The molecular weight excluding hydrogens is 240 g/mol. The molecule has 0 saturated heterocycles. The van der Waals surface area contributed by atoms with Gasteiger partial charge in [0.15, 0.2) is 11.5 Å². The number of ether oxygens (including phenoxy) is 2. The number of rotatable bonds is 7. The van der Waals surface area contributed by atoms with E-state index in [9.17, 15) is 0 Å². The molecule has 4 nitrogen and oxygen atoms in total. The molecule has 0 radical (unpaired) electrons. The normalized spacial score (nSPS) is 14.9. The van der Waals surface area contributed by atoms with Crippen LogP contribution in [0.4, 0.5) is 0 Å². The Hall–Kier alpha value is -1.26. The van der Waals surface area contributed by atoms with E-state index in [0.29, 0.717) is 6.79 Å². The lowest BCUT2D eigenvalue weighted by atomic mass is 10.1. The van der Waals surface area contributed by atoms with Crippen LogP contribution in [-0.2, 0) is 0 Å². The van der Waals surface area contributed by atoms with Crippen LogP contribution in [0.15, 0.2) is 18.2 Å². The maximum Gasteiger partial charge on any atom is 0.231 e. The van der Waals surface area contributed by atoms with Crippen molar-refractivity contribution in [3.05, 3.63) is 23.8 Å².